The number of phenols is 2. The Morgan fingerprint density at radius 1 is 0.889 bits per heavy atom. The second-order valence-corrected chi connectivity index (χ2v) is 3.98. The number of phenolic OH excluding ortho intramolecular Hbond substituents is 1. The number of anilines is 1. The summed E-state index contributed by atoms with van der Waals surface area (Å²) in [5.74, 6) is 0.293. The molecule has 0 aliphatic heterocycles. The number of aliphatic hydroxyl groups excluding tert-OH is 1. The first-order valence-electron chi connectivity index (χ1n) is 5.64. The number of hydrogen-bond donors (Lipinski definition) is 4. The molecule has 4 heteroatoms. The van der Waals surface area contributed by atoms with E-state index in [0.29, 0.717) is 12.1 Å². The zero-order valence-electron chi connectivity index (χ0n) is 9.80. The maximum atomic E-state index is 9.60. The van der Waals surface area contributed by atoms with Gasteiger partial charge < -0.3 is 20.6 Å². The predicted molar refractivity (Wildman–Crippen MR) is 69.5 cm³/mol. The fourth-order valence-corrected chi connectivity index (χ4v) is 1.67. The van der Waals surface area contributed by atoms with Crippen molar-refractivity contribution in [3.05, 3.63) is 53.6 Å². The van der Waals surface area contributed by atoms with Gasteiger partial charge in [0.15, 0.2) is 0 Å². The van der Waals surface area contributed by atoms with Crippen molar-refractivity contribution in [2.75, 3.05) is 5.32 Å². The van der Waals surface area contributed by atoms with E-state index in [9.17, 15) is 10.2 Å². The molecule has 0 bridgehead atoms. The molecule has 0 fully saturated rings. The molecule has 94 valence electrons. The maximum absolute atomic E-state index is 9.60. The van der Waals surface area contributed by atoms with Gasteiger partial charge in [-0.25, -0.2) is 0 Å². The van der Waals surface area contributed by atoms with Crippen LogP contribution in [-0.4, -0.2) is 15.3 Å². The van der Waals surface area contributed by atoms with E-state index in [-0.39, 0.29) is 18.1 Å². The highest BCUT2D eigenvalue weighted by Crippen LogP contribution is 2.23. The highest BCUT2D eigenvalue weighted by Gasteiger charge is 2.03. The Balaban J connectivity index is 2.07. The second kappa shape index (κ2) is 5.42. The normalized spacial score (nSPS) is 10.3. The summed E-state index contributed by atoms with van der Waals surface area (Å²) in [4.78, 5) is 0. The maximum Gasteiger partial charge on any atom is 0.123 e. The van der Waals surface area contributed by atoms with E-state index >= 15 is 0 Å². The van der Waals surface area contributed by atoms with Crippen LogP contribution < -0.4 is 5.32 Å². The third-order valence-corrected chi connectivity index (χ3v) is 2.73. The average Bonchev–Trinajstić information content (AvgIpc) is 2.38. The first-order valence-corrected chi connectivity index (χ1v) is 5.64. The Morgan fingerprint density at radius 2 is 1.67 bits per heavy atom. The molecule has 2 aromatic rings. The molecule has 0 aliphatic rings. The van der Waals surface area contributed by atoms with Gasteiger partial charge in [0.1, 0.15) is 11.5 Å². The predicted octanol–water partition coefficient (Wildman–Crippen LogP) is 2.20. The van der Waals surface area contributed by atoms with Crippen LogP contribution in [0.25, 0.3) is 0 Å². The van der Waals surface area contributed by atoms with E-state index in [1.807, 2.05) is 12.1 Å². The van der Waals surface area contributed by atoms with Crippen LogP contribution in [0.15, 0.2) is 42.5 Å². The van der Waals surface area contributed by atoms with Crippen LogP contribution in [0.3, 0.4) is 0 Å². The van der Waals surface area contributed by atoms with E-state index in [0.717, 1.165) is 11.3 Å². The summed E-state index contributed by atoms with van der Waals surface area (Å²) in [6, 6.07) is 12.0. The lowest BCUT2D eigenvalue weighted by molar-refractivity contribution is 0.275. The van der Waals surface area contributed by atoms with E-state index in [4.69, 9.17) is 5.11 Å². The van der Waals surface area contributed by atoms with Crippen LogP contribution in [0.4, 0.5) is 5.69 Å². The SMILES string of the molecule is OCc1ccc(NCc2ccccc2O)cc1O. The lowest BCUT2D eigenvalue weighted by Gasteiger charge is -2.09. The zero-order chi connectivity index (χ0) is 13.0. The third kappa shape index (κ3) is 2.73. The van der Waals surface area contributed by atoms with Gasteiger partial charge in [-0.2, -0.15) is 0 Å². The fourth-order valence-electron chi connectivity index (χ4n) is 1.67. The van der Waals surface area contributed by atoms with Gasteiger partial charge in [0.2, 0.25) is 0 Å². The molecular weight excluding hydrogens is 230 g/mol. The molecule has 0 spiro atoms. The van der Waals surface area contributed by atoms with Crippen molar-refractivity contribution in [2.45, 2.75) is 13.2 Å². The van der Waals surface area contributed by atoms with Crippen molar-refractivity contribution in [3.8, 4) is 11.5 Å². The second-order valence-electron chi connectivity index (χ2n) is 3.98. The van der Waals surface area contributed by atoms with Gasteiger partial charge in [0, 0.05) is 29.4 Å². The molecule has 0 atom stereocenters. The molecule has 18 heavy (non-hydrogen) atoms. The molecular formula is C14H15NO3. The Morgan fingerprint density at radius 3 is 2.33 bits per heavy atom. The van der Waals surface area contributed by atoms with Crippen molar-refractivity contribution in [2.24, 2.45) is 0 Å². The van der Waals surface area contributed by atoms with E-state index in [2.05, 4.69) is 5.32 Å². The Bertz CT molecular complexity index is 540. The van der Waals surface area contributed by atoms with Crippen molar-refractivity contribution in [1.29, 1.82) is 0 Å². The monoisotopic (exact) mass is 245 g/mol. The number of rotatable bonds is 4. The number of benzene rings is 2. The van der Waals surface area contributed by atoms with E-state index in [1.165, 1.54) is 0 Å². The van der Waals surface area contributed by atoms with Crippen LogP contribution in [-0.2, 0) is 13.2 Å². The molecule has 0 radical (unpaired) electrons. The molecule has 4 nitrogen and oxygen atoms in total. The molecule has 2 aromatic carbocycles. The Hall–Kier alpha value is -2.20. The topological polar surface area (TPSA) is 72.7 Å². The average molecular weight is 245 g/mol. The molecule has 0 aromatic heterocycles. The van der Waals surface area contributed by atoms with Crippen LogP contribution in [0.2, 0.25) is 0 Å². The lowest BCUT2D eigenvalue weighted by atomic mass is 10.1. The first-order chi connectivity index (χ1) is 8.70. The van der Waals surface area contributed by atoms with E-state index < -0.39 is 0 Å². The summed E-state index contributed by atoms with van der Waals surface area (Å²) < 4.78 is 0. The molecule has 0 saturated carbocycles. The smallest absolute Gasteiger partial charge is 0.123 e. The van der Waals surface area contributed by atoms with Gasteiger partial charge in [-0.3, -0.25) is 0 Å². The number of aromatic hydroxyl groups is 2. The summed E-state index contributed by atoms with van der Waals surface area (Å²) in [5.41, 5.74) is 2.00. The fraction of sp³-hybridized carbons (Fsp3) is 0.143. The molecule has 0 aliphatic carbocycles. The molecule has 0 saturated heterocycles. The van der Waals surface area contributed by atoms with Crippen molar-refractivity contribution < 1.29 is 15.3 Å². The minimum Gasteiger partial charge on any atom is -0.508 e. The summed E-state index contributed by atoms with van der Waals surface area (Å²) in [5, 5.41) is 31.2. The van der Waals surface area contributed by atoms with Gasteiger partial charge in [-0.1, -0.05) is 24.3 Å². The highest BCUT2D eigenvalue weighted by atomic mass is 16.3. The quantitative estimate of drug-likeness (QED) is 0.666. The number of aliphatic hydroxyl groups is 1. The van der Waals surface area contributed by atoms with Gasteiger partial charge in [-0.15, -0.1) is 0 Å². The van der Waals surface area contributed by atoms with Crippen molar-refractivity contribution >= 4 is 5.69 Å². The molecule has 0 heterocycles. The minimum atomic E-state index is -0.189. The van der Waals surface area contributed by atoms with Gasteiger partial charge in [0.25, 0.3) is 0 Å². The van der Waals surface area contributed by atoms with Crippen molar-refractivity contribution in [3.63, 3.8) is 0 Å². The summed E-state index contributed by atoms with van der Waals surface area (Å²) in [6.45, 7) is 0.274. The minimum absolute atomic E-state index is 0.0554. The highest BCUT2D eigenvalue weighted by molar-refractivity contribution is 5.52. The molecule has 0 amide bonds. The summed E-state index contributed by atoms with van der Waals surface area (Å²) in [6.07, 6.45) is 0. The van der Waals surface area contributed by atoms with Gasteiger partial charge in [-0.05, 0) is 12.1 Å². The molecule has 0 unspecified atom stereocenters. The zero-order valence-corrected chi connectivity index (χ0v) is 9.80. The first kappa shape index (κ1) is 12.3. The van der Waals surface area contributed by atoms with Crippen LogP contribution in [0, 0.1) is 0 Å². The Kier molecular flexibility index (Phi) is 3.69. The van der Waals surface area contributed by atoms with Gasteiger partial charge >= 0.3 is 0 Å². The van der Waals surface area contributed by atoms with Gasteiger partial charge in [0.05, 0.1) is 6.61 Å². The third-order valence-electron chi connectivity index (χ3n) is 2.73. The van der Waals surface area contributed by atoms with Crippen molar-refractivity contribution in [1.82, 2.24) is 0 Å². The summed E-state index contributed by atoms with van der Waals surface area (Å²) >= 11 is 0. The lowest BCUT2D eigenvalue weighted by Crippen LogP contribution is -1.99. The Labute approximate surface area is 105 Å². The number of nitrogens with one attached hydrogen (secondary N) is 1. The largest absolute Gasteiger partial charge is 0.508 e. The summed E-state index contributed by atoms with van der Waals surface area (Å²) in [7, 11) is 0. The van der Waals surface area contributed by atoms with Crippen LogP contribution >= 0.6 is 0 Å². The number of para-hydroxylation sites is 1. The van der Waals surface area contributed by atoms with Crippen LogP contribution in [0.5, 0.6) is 11.5 Å². The standard InChI is InChI=1S/C14H15NO3/c16-9-11-5-6-12(7-14(11)18)15-8-10-3-1-2-4-13(10)17/h1-7,15-18H,8-9H2. The number of hydrogen-bond acceptors (Lipinski definition) is 4. The molecule has 2 rings (SSSR count). The van der Waals surface area contributed by atoms with Crippen LogP contribution in [0.1, 0.15) is 11.1 Å². The molecule has 4 N–H and O–H groups in total. The van der Waals surface area contributed by atoms with E-state index in [1.54, 1.807) is 30.3 Å².